The van der Waals surface area contributed by atoms with Crippen LogP contribution in [-0.2, 0) is 0 Å². The van der Waals surface area contributed by atoms with Crippen LogP contribution in [0.5, 0.6) is 5.75 Å². The van der Waals surface area contributed by atoms with Crippen molar-refractivity contribution in [2.45, 2.75) is 6.92 Å². The van der Waals surface area contributed by atoms with E-state index in [9.17, 15) is 14.9 Å². The monoisotopic (exact) mass is 403 g/mol. The van der Waals surface area contributed by atoms with Crippen LogP contribution in [0.15, 0.2) is 41.8 Å². The molecule has 1 amide bonds. The standard InChI is InChI=1S/C18H14ClN3O4S/c1-10-7-11(3-6-16(10)26-2)15-9-27-18(20-15)21-17(23)13-8-12(22(24)25)4-5-14(13)19/h3-9H,1-2H3,(H,20,21,23). The Morgan fingerprint density at radius 1 is 1.30 bits per heavy atom. The second kappa shape index (κ2) is 7.73. The van der Waals surface area contributed by atoms with Crippen LogP contribution in [0.25, 0.3) is 11.3 Å². The van der Waals surface area contributed by atoms with Gasteiger partial charge in [-0.05, 0) is 36.8 Å². The molecule has 138 valence electrons. The van der Waals surface area contributed by atoms with Crippen LogP contribution in [0, 0.1) is 17.0 Å². The lowest BCUT2D eigenvalue weighted by Crippen LogP contribution is -2.12. The van der Waals surface area contributed by atoms with Crippen LogP contribution in [-0.4, -0.2) is 22.9 Å². The van der Waals surface area contributed by atoms with Gasteiger partial charge in [0.1, 0.15) is 5.75 Å². The fraction of sp³-hybridized carbons (Fsp3) is 0.111. The summed E-state index contributed by atoms with van der Waals surface area (Å²) in [6.45, 7) is 1.93. The molecule has 0 radical (unpaired) electrons. The molecule has 0 saturated heterocycles. The largest absolute Gasteiger partial charge is 0.496 e. The molecule has 1 aromatic heterocycles. The maximum absolute atomic E-state index is 12.4. The lowest BCUT2D eigenvalue weighted by atomic mass is 10.1. The first kappa shape index (κ1) is 18.8. The number of hydrogen-bond acceptors (Lipinski definition) is 6. The molecule has 7 nitrogen and oxygen atoms in total. The zero-order valence-electron chi connectivity index (χ0n) is 14.4. The molecule has 0 fully saturated rings. The lowest BCUT2D eigenvalue weighted by molar-refractivity contribution is -0.384. The maximum atomic E-state index is 12.4. The van der Waals surface area contributed by atoms with Crippen molar-refractivity contribution < 1.29 is 14.5 Å². The van der Waals surface area contributed by atoms with Crippen LogP contribution in [0.1, 0.15) is 15.9 Å². The Morgan fingerprint density at radius 3 is 2.74 bits per heavy atom. The van der Waals surface area contributed by atoms with Crippen LogP contribution in [0.3, 0.4) is 0 Å². The molecule has 0 bridgehead atoms. The van der Waals surface area contributed by atoms with Crippen LogP contribution < -0.4 is 10.1 Å². The van der Waals surface area contributed by atoms with E-state index in [4.69, 9.17) is 16.3 Å². The molecule has 27 heavy (non-hydrogen) atoms. The minimum absolute atomic E-state index is 0.0166. The first-order valence-electron chi connectivity index (χ1n) is 7.75. The zero-order chi connectivity index (χ0) is 19.6. The number of anilines is 1. The number of nitro benzene ring substituents is 1. The minimum atomic E-state index is -0.583. The highest BCUT2D eigenvalue weighted by atomic mass is 35.5. The van der Waals surface area contributed by atoms with E-state index in [1.165, 1.54) is 23.5 Å². The summed E-state index contributed by atoms with van der Waals surface area (Å²) in [5.74, 6) is 0.221. The van der Waals surface area contributed by atoms with Gasteiger partial charge in [0, 0.05) is 23.1 Å². The Hall–Kier alpha value is -2.97. The third-order valence-corrected chi connectivity index (χ3v) is 4.91. The van der Waals surface area contributed by atoms with Crippen molar-refractivity contribution in [3.05, 3.63) is 68.0 Å². The number of amides is 1. The van der Waals surface area contributed by atoms with E-state index in [1.54, 1.807) is 7.11 Å². The molecular formula is C18H14ClN3O4S. The number of halogens is 1. The Labute approximate surface area is 163 Å². The number of nitrogens with zero attached hydrogens (tertiary/aromatic N) is 2. The second-order valence-electron chi connectivity index (χ2n) is 5.60. The van der Waals surface area contributed by atoms with Gasteiger partial charge in [-0.2, -0.15) is 0 Å². The van der Waals surface area contributed by atoms with Gasteiger partial charge in [0.15, 0.2) is 5.13 Å². The maximum Gasteiger partial charge on any atom is 0.270 e. The molecule has 0 atom stereocenters. The summed E-state index contributed by atoms with van der Waals surface area (Å²) in [7, 11) is 1.61. The van der Waals surface area contributed by atoms with Crippen molar-refractivity contribution >= 4 is 39.7 Å². The molecule has 0 aliphatic heterocycles. The Morgan fingerprint density at radius 2 is 2.07 bits per heavy atom. The number of aryl methyl sites for hydroxylation is 1. The first-order chi connectivity index (χ1) is 12.9. The van der Waals surface area contributed by atoms with Crippen molar-refractivity contribution in [3.63, 3.8) is 0 Å². The highest BCUT2D eigenvalue weighted by Crippen LogP contribution is 2.29. The third kappa shape index (κ3) is 4.07. The van der Waals surface area contributed by atoms with Gasteiger partial charge in [-0.3, -0.25) is 20.2 Å². The van der Waals surface area contributed by atoms with Gasteiger partial charge in [0.2, 0.25) is 0 Å². The summed E-state index contributed by atoms with van der Waals surface area (Å²) < 4.78 is 5.25. The molecule has 2 aromatic carbocycles. The van der Waals surface area contributed by atoms with Crippen LogP contribution in [0.4, 0.5) is 10.8 Å². The summed E-state index contributed by atoms with van der Waals surface area (Å²) >= 11 is 7.25. The average molecular weight is 404 g/mol. The molecule has 1 N–H and O–H groups in total. The second-order valence-corrected chi connectivity index (χ2v) is 6.86. The molecule has 0 aliphatic carbocycles. The molecule has 1 heterocycles. The summed E-state index contributed by atoms with van der Waals surface area (Å²) in [5, 5.41) is 15.8. The number of thiazole rings is 1. The summed E-state index contributed by atoms with van der Waals surface area (Å²) in [6.07, 6.45) is 0. The number of carbonyl (C=O) groups is 1. The highest BCUT2D eigenvalue weighted by Gasteiger charge is 2.17. The molecular weight excluding hydrogens is 390 g/mol. The smallest absolute Gasteiger partial charge is 0.270 e. The van der Waals surface area contributed by atoms with E-state index < -0.39 is 10.8 Å². The van der Waals surface area contributed by atoms with Crippen LogP contribution in [0.2, 0.25) is 5.02 Å². The van der Waals surface area contributed by atoms with Crippen molar-refractivity contribution in [1.29, 1.82) is 0 Å². The van der Waals surface area contributed by atoms with Crippen molar-refractivity contribution in [3.8, 4) is 17.0 Å². The number of nitrogens with one attached hydrogen (secondary N) is 1. The highest BCUT2D eigenvalue weighted by molar-refractivity contribution is 7.14. The predicted molar refractivity (Wildman–Crippen MR) is 105 cm³/mol. The van der Waals surface area contributed by atoms with Gasteiger partial charge in [0.05, 0.1) is 28.3 Å². The fourth-order valence-electron chi connectivity index (χ4n) is 2.47. The number of aromatic nitrogens is 1. The minimum Gasteiger partial charge on any atom is -0.496 e. The number of ether oxygens (including phenoxy) is 1. The van der Waals surface area contributed by atoms with Crippen LogP contribution >= 0.6 is 22.9 Å². The van der Waals surface area contributed by atoms with Crippen molar-refractivity contribution in [2.24, 2.45) is 0 Å². The van der Waals surface area contributed by atoms with E-state index in [0.29, 0.717) is 10.8 Å². The number of nitro groups is 1. The van der Waals surface area contributed by atoms with Crippen molar-refractivity contribution in [1.82, 2.24) is 4.98 Å². The van der Waals surface area contributed by atoms with E-state index in [2.05, 4.69) is 10.3 Å². The summed E-state index contributed by atoms with van der Waals surface area (Å²) in [5.41, 5.74) is 2.36. The lowest BCUT2D eigenvalue weighted by Gasteiger charge is -2.06. The van der Waals surface area contributed by atoms with Gasteiger partial charge < -0.3 is 4.74 Å². The van der Waals surface area contributed by atoms with Gasteiger partial charge in [-0.1, -0.05) is 11.6 Å². The van der Waals surface area contributed by atoms with E-state index in [0.717, 1.165) is 22.9 Å². The number of benzene rings is 2. The SMILES string of the molecule is COc1ccc(-c2csc(NC(=O)c3cc([N+](=O)[O-])ccc3Cl)n2)cc1C. The molecule has 0 unspecified atom stereocenters. The van der Waals surface area contributed by atoms with E-state index in [1.807, 2.05) is 30.5 Å². The molecule has 0 aliphatic rings. The topological polar surface area (TPSA) is 94.4 Å². The number of carbonyl (C=O) groups excluding carboxylic acids is 1. The van der Waals surface area contributed by atoms with Gasteiger partial charge in [-0.25, -0.2) is 4.98 Å². The average Bonchev–Trinajstić information content (AvgIpc) is 3.10. The summed E-state index contributed by atoms with van der Waals surface area (Å²) in [4.78, 5) is 27.1. The van der Waals surface area contributed by atoms with Gasteiger partial charge in [-0.15, -0.1) is 11.3 Å². The number of non-ortho nitro benzene ring substituents is 1. The Bertz CT molecular complexity index is 1040. The Balaban J connectivity index is 1.82. The quantitative estimate of drug-likeness (QED) is 0.481. The summed E-state index contributed by atoms with van der Waals surface area (Å²) in [6, 6.07) is 9.37. The predicted octanol–water partition coefficient (Wildman–Crippen LogP) is 4.94. The van der Waals surface area contributed by atoms with Gasteiger partial charge in [0.25, 0.3) is 11.6 Å². The number of hydrogen-bond donors (Lipinski definition) is 1. The van der Waals surface area contributed by atoms with E-state index >= 15 is 0 Å². The first-order valence-corrected chi connectivity index (χ1v) is 9.00. The number of methoxy groups -OCH3 is 1. The normalized spacial score (nSPS) is 10.5. The fourth-order valence-corrected chi connectivity index (χ4v) is 3.38. The zero-order valence-corrected chi connectivity index (χ0v) is 15.9. The van der Waals surface area contributed by atoms with E-state index in [-0.39, 0.29) is 16.3 Å². The Kier molecular flexibility index (Phi) is 5.38. The number of rotatable bonds is 5. The molecule has 9 heteroatoms. The third-order valence-electron chi connectivity index (χ3n) is 3.82. The molecule has 0 saturated carbocycles. The molecule has 3 rings (SSSR count). The van der Waals surface area contributed by atoms with Gasteiger partial charge >= 0.3 is 0 Å². The molecule has 3 aromatic rings. The van der Waals surface area contributed by atoms with Crippen molar-refractivity contribution in [2.75, 3.05) is 12.4 Å². The molecule has 0 spiro atoms.